The fraction of sp³-hybridized carbons (Fsp3) is 0.300. The summed E-state index contributed by atoms with van der Waals surface area (Å²) in [5.74, 6) is -1.21. The number of halogens is 2. The minimum Gasteiger partial charge on any atom is -0.243 e. The van der Waals surface area contributed by atoms with E-state index in [0.29, 0.717) is 21.6 Å². The quantitative estimate of drug-likeness (QED) is 0.361. The van der Waals surface area contributed by atoms with Crippen molar-refractivity contribution in [2.75, 3.05) is 0 Å². The predicted octanol–water partition coefficient (Wildman–Crippen LogP) is 7.20. The van der Waals surface area contributed by atoms with Crippen LogP contribution in [0.1, 0.15) is 49.3 Å². The number of benzene rings is 1. The number of rotatable bonds is 4. The summed E-state index contributed by atoms with van der Waals surface area (Å²) in [7, 11) is 0. The van der Waals surface area contributed by atoms with Gasteiger partial charge in [0.15, 0.2) is 11.6 Å². The Bertz CT molecular complexity index is 1040. The van der Waals surface area contributed by atoms with Crippen molar-refractivity contribution in [3.63, 3.8) is 0 Å². The fourth-order valence-electron chi connectivity index (χ4n) is 2.99. The van der Waals surface area contributed by atoms with E-state index in [9.17, 15) is 0 Å². The van der Waals surface area contributed by atoms with Crippen LogP contribution in [0.15, 0.2) is 28.9 Å². The van der Waals surface area contributed by atoms with Gasteiger partial charge < -0.3 is 0 Å². The highest BCUT2D eigenvalue weighted by molar-refractivity contribution is 7.16. The molecule has 0 saturated heterocycles. The molecule has 0 aliphatic rings. The molecular weight excluding hydrogens is 386 g/mol. The molecule has 0 aliphatic carbocycles. The van der Waals surface area contributed by atoms with Crippen LogP contribution in [0.4, 0.5) is 8.78 Å². The molecule has 4 rings (SSSR count). The lowest BCUT2D eigenvalue weighted by Crippen LogP contribution is -1.95. The summed E-state index contributed by atoms with van der Waals surface area (Å²) in [5.41, 5.74) is 0.733. The van der Waals surface area contributed by atoms with Gasteiger partial charge in [0.1, 0.15) is 11.0 Å². The van der Waals surface area contributed by atoms with Crippen molar-refractivity contribution in [1.82, 2.24) is 10.3 Å². The summed E-state index contributed by atoms with van der Waals surface area (Å²) in [4.78, 5) is 3.43. The molecule has 3 nitrogen and oxygen atoms in total. The van der Waals surface area contributed by atoms with Gasteiger partial charge in [0.05, 0.1) is 11.1 Å². The highest BCUT2D eigenvalue weighted by atomic mass is 32.1. The van der Waals surface area contributed by atoms with Crippen LogP contribution in [-0.2, 0) is 0 Å². The van der Waals surface area contributed by atoms with Crippen LogP contribution in [0.3, 0.4) is 0 Å². The van der Waals surface area contributed by atoms with E-state index < -0.39 is 11.6 Å². The Morgan fingerprint density at radius 1 is 0.741 bits per heavy atom. The predicted molar refractivity (Wildman–Crippen MR) is 107 cm³/mol. The molecule has 0 fully saturated rings. The number of fused-ring (bicyclic) bond motifs is 1. The van der Waals surface area contributed by atoms with Crippen molar-refractivity contribution in [1.29, 1.82) is 0 Å². The summed E-state index contributed by atoms with van der Waals surface area (Å²) in [6.07, 6.45) is 0. The van der Waals surface area contributed by atoms with Crippen molar-refractivity contribution in [2.24, 2.45) is 0 Å². The molecule has 0 unspecified atom stereocenters. The first-order valence-corrected chi connectivity index (χ1v) is 10.3. The molecule has 0 amide bonds. The van der Waals surface area contributed by atoms with Gasteiger partial charge in [-0.05, 0) is 46.4 Å². The molecule has 140 valence electrons. The van der Waals surface area contributed by atoms with Crippen LogP contribution in [-0.4, -0.2) is 10.3 Å². The zero-order valence-electron chi connectivity index (χ0n) is 15.3. The van der Waals surface area contributed by atoms with Crippen LogP contribution in [0.2, 0.25) is 0 Å². The normalized spacial score (nSPS) is 12.0. The summed E-state index contributed by atoms with van der Waals surface area (Å²) in [6, 6.07) is 7.47. The molecule has 0 bridgehead atoms. The SMILES string of the molecule is CC(C)c1ccc(-c2c(F)c(F)c(-c3ccc(C(C)C)s3)c3nonc23)s1. The van der Waals surface area contributed by atoms with Crippen LogP contribution >= 0.6 is 22.7 Å². The van der Waals surface area contributed by atoms with E-state index in [0.717, 1.165) is 9.75 Å². The van der Waals surface area contributed by atoms with Gasteiger partial charge in [-0.25, -0.2) is 13.4 Å². The maximum absolute atomic E-state index is 15.1. The summed E-state index contributed by atoms with van der Waals surface area (Å²) in [5, 5.41) is 7.80. The van der Waals surface area contributed by atoms with E-state index in [1.165, 1.54) is 22.7 Å². The van der Waals surface area contributed by atoms with Gasteiger partial charge in [-0.2, -0.15) is 0 Å². The van der Waals surface area contributed by atoms with Crippen molar-refractivity contribution >= 4 is 33.7 Å². The highest BCUT2D eigenvalue weighted by Crippen LogP contribution is 2.43. The summed E-state index contributed by atoms with van der Waals surface area (Å²) >= 11 is 2.86. The maximum Gasteiger partial charge on any atom is 0.170 e. The highest BCUT2D eigenvalue weighted by Gasteiger charge is 2.27. The van der Waals surface area contributed by atoms with Gasteiger partial charge in [-0.15, -0.1) is 22.7 Å². The standard InChI is InChI=1S/C20H18F2N2OS2/c1-9(2)11-5-7-13(26-11)15-17(21)18(22)16(20-19(15)23-25-24-20)14-8-6-12(27-14)10(3)4/h5-10H,1-4H3. The van der Waals surface area contributed by atoms with Gasteiger partial charge in [-0.3, -0.25) is 0 Å². The molecular formula is C20H18F2N2OS2. The number of hydrogen-bond acceptors (Lipinski definition) is 5. The average Bonchev–Trinajstić information content (AvgIpc) is 3.35. The third-order valence-electron chi connectivity index (χ3n) is 4.48. The minimum atomic E-state index is -0.912. The zero-order chi connectivity index (χ0) is 19.3. The molecule has 0 radical (unpaired) electrons. The van der Waals surface area contributed by atoms with Gasteiger partial charge in [0.25, 0.3) is 0 Å². The Morgan fingerprint density at radius 2 is 1.15 bits per heavy atom. The maximum atomic E-state index is 15.1. The Kier molecular flexibility index (Phi) is 4.60. The van der Waals surface area contributed by atoms with E-state index in [-0.39, 0.29) is 22.2 Å². The Labute approximate surface area is 163 Å². The molecule has 3 heterocycles. The molecule has 27 heavy (non-hydrogen) atoms. The van der Waals surface area contributed by atoms with Crippen LogP contribution in [0.5, 0.6) is 0 Å². The van der Waals surface area contributed by atoms with E-state index in [1.807, 2.05) is 12.1 Å². The monoisotopic (exact) mass is 404 g/mol. The molecule has 3 aromatic heterocycles. The first-order valence-electron chi connectivity index (χ1n) is 8.71. The smallest absolute Gasteiger partial charge is 0.170 e. The van der Waals surface area contributed by atoms with E-state index in [2.05, 4.69) is 38.0 Å². The molecule has 0 N–H and O–H groups in total. The average molecular weight is 405 g/mol. The second kappa shape index (κ2) is 6.80. The lowest BCUT2D eigenvalue weighted by atomic mass is 10.0. The number of nitrogens with zero attached hydrogens (tertiary/aromatic N) is 2. The third-order valence-corrected chi connectivity index (χ3v) is 7.28. The lowest BCUT2D eigenvalue weighted by Gasteiger charge is -2.07. The largest absolute Gasteiger partial charge is 0.243 e. The van der Waals surface area contributed by atoms with Crippen molar-refractivity contribution in [3.8, 4) is 20.9 Å². The van der Waals surface area contributed by atoms with Crippen molar-refractivity contribution < 1.29 is 13.4 Å². The van der Waals surface area contributed by atoms with Crippen LogP contribution in [0, 0.1) is 11.6 Å². The molecule has 0 spiro atoms. The minimum absolute atomic E-state index is 0.116. The van der Waals surface area contributed by atoms with Crippen LogP contribution in [0.25, 0.3) is 31.9 Å². The van der Waals surface area contributed by atoms with Crippen molar-refractivity contribution in [3.05, 3.63) is 45.7 Å². The van der Waals surface area contributed by atoms with E-state index in [4.69, 9.17) is 4.63 Å². The molecule has 4 aromatic rings. The fourth-order valence-corrected chi connectivity index (χ4v) is 5.09. The molecule has 0 saturated carbocycles. The van der Waals surface area contributed by atoms with Gasteiger partial charge in [0.2, 0.25) is 0 Å². The van der Waals surface area contributed by atoms with Gasteiger partial charge >= 0.3 is 0 Å². The van der Waals surface area contributed by atoms with Crippen LogP contribution < -0.4 is 0 Å². The van der Waals surface area contributed by atoms with Gasteiger partial charge in [0, 0.05) is 19.5 Å². The van der Waals surface area contributed by atoms with Crippen molar-refractivity contribution in [2.45, 2.75) is 39.5 Å². The number of thiophene rings is 2. The molecule has 0 aliphatic heterocycles. The zero-order valence-corrected chi connectivity index (χ0v) is 17.0. The topological polar surface area (TPSA) is 38.9 Å². The molecule has 7 heteroatoms. The Balaban J connectivity index is 1.96. The molecule has 1 aromatic carbocycles. The second-order valence-electron chi connectivity index (χ2n) is 7.05. The second-order valence-corrected chi connectivity index (χ2v) is 9.28. The Morgan fingerprint density at radius 3 is 1.48 bits per heavy atom. The number of hydrogen-bond donors (Lipinski definition) is 0. The summed E-state index contributed by atoms with van der Waals surface area (Å²) < 4.78 is 35.2. The molecule has 0 atom stereocenters. The van der Waals surface area contributed by atoms with Gasteiger partial charge in [-0.1, -0.05) is 27.7 Å². The lowest BCUT2D eigenvalue weighted by molar-refractivity contribution is 0.315. The number of aromatic nitrogens is 2. The van der Waals surface area contributed by atoms with E-state index in [1.54, 1.807) is 12.1 Å². The first kappa shape index (κ1) is 18.3. The first-order chi connectivity index (χ1) is 12.9. The third kappa shape index (κ3) is 2.99. The van der Waals surface area contributed by atoms with E-state index >= 15 is 8.78 Å². The Hall–Kier alpha value is -2.12. The summed E-state index contributed by atoms with van der Waals surface area (Å²) in [6.45, 7) is 8.25.